The lowest BCUT2D eigenvalue weighted by molar-refractivity contribution is -0.274. The van der Waals surface area contributed by atoms with Gasteiger partial charge in [0.2, 0.25) is 5.91 Å². The molecule has 0 atom stereocenters. The average molecular weight is 516 g/mol. The van der Waals surface area contributed by atoms with E-state index in [1.54, 1.807) is 18.2 Å². The van der Waals surface area contributed by atoms with Crippen LogP contribution in [0, 0.1) is 0 Å². The highest BCUT2D eigenvalue weighted by molar-refractivity contribution is 6.02. The molecule has 8 nitrogen and oxygen atoms in total. The summed E-state index contributed by atoms with van der Waals surface area (Å²) in [6.45, 7) is 0. The fourth-order valence-electron chi connectivity index (χ4n) is 4.03. The number of pyridine rings is 1. The Labute approximate surface area is 205 Å². The van der Waals surface area contributed by atoms with Crippen LogP contribution in [0.2, 0.25) is 0 Å². The summed E-state index contributed by atoms with van der Waals surface area (Å²) in [5.74, 6) is -0.413. The van der Waals surface area contributed by atoms with Crippen molar-refractivity contribution in [2.24, 2.45) is 0 Å². The van der Waals surface area contributed by atoms with Crippen molar-refractivity contribution >= 4 is 11.6 Å². The zero-order valence-electron chi connectivity index (χ0n) is 18.8. The number of anilines is 1. The molecule has 13 heteroatoms. The Hall–Kier alpha value is -4.42. The maximum atomic E-state index is 13.2. The van der Waals surface area contributed by atoms with Gasteiger partial charge < -0.3 is 10.1 Å². The number of H-pyrrole nitrogens is 1. The van der Waals surface area contributed by atoms with Crippen LogP contribution >= 0.6 is 0 Å². The molecule has 1 aliphatic carbocycles. The van der Waals surface area contributed by atoms with Crippen molar-refractivity contribution in [2.45, 2.75) is 31.0 Å². The van der Waals surface area contributed by atoms with Crippen molar-refractivity contribution in [3.05, 3.63) is 72.1 Å². The fraction of sp³-hybridized carbons (Fsp3) is 0.208. The quantitative estimate of drug-likeness (QED) is 0.317. The van der Waals surface area contributed by atoms with Gasteiger partial charge in [-0.15, -0.1) is 18.3 Å². The Morgan fingerprint density at radius 1 is 1.03 bits per heavy atom. The molecule has 0 spiro atoms. The minimum atomic E-state index is -4.81. The number of aromatic nitrogens is 5. The zero-order chi connectivity index (χ0) is 26.2. The van der Waals surface area contributed by atoms with E-state index in [0.717, 1.165) is 0 Å². The summed E-state index contributed by atoms with van der Waals surface area (Å²) in [6.07, 6.45) is -5.14. The van der Waals surface area contributed by atoms with E-state index in [0.29, 0.717) is 40.8 Å². The Balaban J connectivity index is 1.40. The van der Waals surface area contributed by atoms with Gasteiger partial charge in [-0.3, -0.25) is 9.78 Å². The minimum Gasteiger partial charge on any atom is -0.406 e. The van der Waals surface area contributed by atoms with Crippen molar-refractivity contribution in [1.29, 1.82) is 0 Å². The number of carbonyl (C=O) groups excluding carboxylic acids is 1. The monoisotopic (exact) mass is 516 g/mol. The highest BCUT2D eigenvalue weighted by atomic mass is 19.4. The number of alkyl halides is 5. The molecular weight excluding hydrogens is 499 g/mol. The maximum absolute atomic E-state index is 13.2. The number of halogens is 5. The summed E-state index contributed by atoms with van der Waals surface area (Å²) in [5.41, 5.74) is 1.37. The topological polar surface area (TPSA) is 106 Å². The number of nitrogens with one attached hydrogen (secondary N) is 2. The number of rotatable bonds is 7. The van der Waals surface area contributed by atoms with E-state index in [-0.39, 0.29) is 23.2 Å². The number of ether oxygens (including phenoxy) is 1. The minimum absolute atomic E-state index is 0.283. The number of carbonyl (C=O) groups is 1. The second kappa shape index (κ2) is 9.22. The molecular formula is C24H17F5N6O2. The predicted molar refractivity (Wildman–Crippen MR) is 120 cm³/mol. The molecule has 1 saturated carbocycles. The Morgan fingerprint density at radius 2 is 1.78 bits per heavy atom. The summed E-state index contributed by atoms with van der Waals surface area (Å²) in [6, 6.07) is 12.9. The second-order valence-electron chi connectivity index (χ2n) is 8.39. The first-order valence-electron chi connectivity index (χ1n) is 10.9. The molecule has 190 valence electrons. The molecule has 0 aliphatic heterocycles. The molecule has 0 saturated heterocycles. The van der Waals surface area contributed by atoms with Gasteiger partial charge in [0, 0.05) is 23.0 Å². The van der Waals surface area contributed by atoms with E-state index >= 15 is 0 Å². The van der Waals surface area contributed by atoms with E-state index in [1.165, 1.54) is 42.6 Å². The summed E-state index contributed by atoms with van der Waals surface area (Å²) in [4.78, 5) is 17.0. The summed E-state index contributed by atoms with van der Waals surface area (Å²) in [5, 5.41) is 16.6. The maximum Gasteiger partial charge on any atom is 0.573 e. The second-order valence-corrected chi connectivity index (χ2v) is 8.39. The van der Waals surface area contributed by atoms with Crippen LogP contribution in [0.25, 0.3) is 22.5 Å². The molecule has 2 heterocycles. The number of tetrazole rings is 1. The van der Waals surface area contributed by atoms with Gasteiger partial charge in [0.05, 0.1) is 5.41 Å². The number of hydrogen-bond acceptors (Lipinski definition) is 6. The van der Waals surface area contributed by atoms with E-state index in [4.69, 9.17) is 0 Å². The van der Waals surface area contributed by atoms with Gasteiger partial charge in [0.25, 0.3) is 6.43 Å². The number of aromatic amines is 1. The predicted octanol–water partition coefficient (Wildman–Crippen LogP) is 5.44. The molecule has 1 fully saturated rings. The molecule has 2 N–H and O–H groups in total. The third-order valence-electron chi connectivity index (χ3n) is 6.02. The van der Waals surface area contributed by atoms with Crippen molar-refractivity contribution < 1.29 is 31.5 Å². The molecule has 1 aliphatic rings. The lowest BCUT2D eigenvalue weighted by atomic mass is 9.94. The van der Waals surface area contributed by atoms with Crippen LogP contribution in [-0.2, 0) is 10.2 Å². The van der Waals surface area contributed by atoms with Crippen LogP contribution in [0.15, 0.2) is 60.8 Å². The molecule has 5 rings (SSSR count). The Kier molecular flexibility index (Phi) is 6.05. The summed E-state index contributed by atoms with van der Waals surface area (Å²) >= 11 is 0. The van der Waals surface area contributed by atoms with E-state index < -0.39 is 18.2 Å². The van der Waals surface area contributed by atoms with Crippen LogP contribution in [0.5, 0.6) is 5.75 Å². The molecule has 0 radical (unpaired) electrons. The highest BCUT2D eigenvalue weighted by Crippen LogP contribution is 2.49. The van der Waals surface area contributed by atoms with Crippen molar-refractivity contribution in [1.82, 2.24) is 25.6 Å². The first-order valence-corrected chi connectivity index (χ1v) is 10.9. The van der Waals surface area contributed by atoms with E-state index in [2.05, 4.69) is 35.7 Å². The third-order valence-corrected chi connectivity index (χ3v) is 6.02. The standard InChI is InChI=1S/C24H17F5N6O2/c25-20(26)19-8-1-13(12-30-19)17-7-4-15(11-18(17)21-32-34-35-33-21)31-22(36)23(9-10-23)14-2-5-16(6-3-14)37-24(27,28)29/h1-8,11-12,20H,9-10H2,(H,31,36)(H,32,33,34,35). The Bertz CT molecular complexity index is 1400. The highest BCUT2D eigenvalue weighted by Gasteiger charge is 2.51. The van der Waals surface area contributed by atoms with E-state index in [9.17, 15) is 26.7 Å². The van der Waals surface area contributed by atoms with Gasteiger partial charge in [0.15, 0.2) is 5.82 Å². The van der Waals surface area contributed by atoms with Gasteiger partial charge in [-0.1, -0.05) is 24.3 Å². The SMILES string of the molecule is O=C(Nc1ccc(-c2ccc(C(F)F)nc2)c(-c2nnn[nH]2)c1)C1(c2ccc(OC(F)(F)F)cc2)CC1. The van der Waals surface area contributed by atoms with Crippen LogP contribution in [0.1, 0.15) is 30.5 Å². The number of benzene rings is 2. The molecule has 0 unspecified atom stereocenters. The van der Waals surface area contributed by atoms with Crippen molar-refractivity contribution in [3.63, 3.8) is 0 Å². The molecule has 37 heavy (non-hydrogen) atoms. The lowest BCUT2D eigenvalue weighted by Crippen LogP contribution is -2.27. The smallest absolute Gasteiger partial charge is 0.406 e. The van der Waals surface area contributed by atoms with Gasteiger partial charge in [-0.05, 0) is 64.7 Å². The van der Waals surface area contributed by atoms with Gasteiger partial charge in [-0.25, -0.2) is 13.9 Å². The van der Waals surface area contributed by atoms with Gasteiger partial charge >= 0.3 is 6.36 Å². The van der Waals surface area contributed by atoms with E-state index in [1.807, 2.05) is 0 Å². The first kappa shape index (κ1) is 24.3. The Morgan fingerprint density at radius 3 is 2.35 bits per heavy atom. The lowest BCUT2D eigenvalue weighted by Gasteiger charge is -2.18. The number of hydrogen-bond donors (Lipinski definition) is 2. The first-order chi connectivity index (χ1) is 17.6. The fourth-order valence-corrected chi connectivity index (χ4v) is 4.03. The third kappa shape index (κ3) is 5.10. The largest absolute Gasteiger partial charge is 0.573 e. The summed E-state index contributed by atoms with van der Waals surface area (Å²) in [7, 11) is 0. The van der Waals surface area contributed by atoms with Crippen LogP contribution in [0.4, 0.5) is 27.6 Å². The summed E-state index contributed by atoms with van der Waals surface area (Å²) < 4.78 is 67.0. The van der Waals surface area contributed by atoms with Crippen LogP contribution < -0.4 is 10.1 Å². The van der Waals surface area contributed by atoms with Crippen molar-refractivity contribution in [3.8, 4) is 28.3 Å². The van der Waals surface area contributed by atoms with Crippen LogP contribution in [0.3, 0.4) is 0 Å². The van der Waals surface area contributed by atoms with Crippen LogP contribution in [-0.4, -0.2) is 37.9 Å². The zero-order valence-corrected chi connectivity index (χ0v) is 18.8. The molecule has 2 aromatic carbocycles. The molecule has 0 bridgehead atoms. The average Bonchev–Trinajstić information content (AvgIpc) is 3.49. The van der Waals surface area contributed by atoms with Gasteiger partial charge in [0.1, 0.15) is 11.4 Å². The normalized spacial score (nSPS) is 14.4. The van der Waals surface area contributed by atoms with Crippen molar-refractivity contribution in [2.75, 3.05) is 5.32 Å². The molecule has 1 amide bonds. The molecule has 4 aromatic rings. The number of nitrogens with zero attached hydrogens (tertiary/aromatic N) is 4. The molecule has 2 aromatic heterocycles. The van der Waals surface area contributed by atoms with Gasteiger partial charge in [-0.2, -0.15) is 0 Å². The number of amides is 1.